The van der Waals surface area contributed by atoms with Crippen molar-refractivity contribution < 1.29 is 15.3 Å². The lowest BCUT2D eigenvalue weighted by molar-refractivity contribution is -0.297. The highest BCUT2D eigenvalue weighted by atomic mass is 16.4. The first-order chi connectivity index (χ1) is 7.56. The number of aliphatic hydroxyl groups excluding tert-OH is 1. The van der Waals surface area contributed by atoms with Crippen molar-refractivity contribution in [3.05, 3.63) is 0 Å². The van der Waals surface area contributed by atoms with E-state index in [4.69, 9.17) is 0 Å². The van der Waals surface area contributed by atoms with E-state index < -0.39 is 34.1 Å². The first-order valence-electron chi connectivity index (χ1n) is 6.62. The molecule has 0 bridgehead atoms. The third-order valence-electron chi connectivity index (χ3n) is 4.24. The fourth-order valence-electron chi connectivity index (χ4n) is 3.26. The molecule has 0 fully saturated rings. The summed E-state index contributed by atoms with van der Waals surface area (Å²) in [5, 5.41) is 32.1. The summed E-state index contributed by atoms with van der Waals surface area (Å²) in [6.07, 6.45) is 0. The van der Waals surface area contributed by atoms with Crippen LogP contribution in [0.25, 0.3) is 0 Å². The van der Waals surface area contributed by atoms with Crippen molar-refractivity contribution in [2.24, 2.45) is 16.2 Å². The molecule has 0 aromatic carbocycles. The predicted molar refractivity (Wildman–Crippen MR) is 75.4 cm³/mol. The van der Waals surface area contributed by atoms with E-state index in [1.807, 2.05) is 62.3 Å². The first kappa shape index (κ1) is 17.9. The molecule has 0 amide bonds. The molecule has 0 aromatic heterocycles. The molecule has 0 saturated carbocycles. The molecule has 1 atom stereocenters. The van der Waals surface area contributed by atoms with E-state index in [-0.39, 0.29) is 0 Å². The quantitative estimate of drug-likeness (QED) is 0.715. The average Bonchev–Trinajstić information content (AvgIpc) is 2.09. The minimum Gasteiger partial charge on any atom is -0.393 e. The minimum absolute atomic E-state index is 0.471. The third kappa shape index (κ3) is 2.33. The summed E-state index contributed by atoms with van der Waals surface area (Å²) >= 11 is 0. The fraction of sp³-hybridized carbons (Fsp3) is 1.00. The van der Waals surface area contributed by atoms with Crippen LogP contribution in [0.5, 0.6) is 0 Å². The Morgan fingerprint density at radius 1 is 0.611 bits per heavy atom. The number of hydrogen-bond donors (Lipinski definition) is 3. The summed E-state index contributed by atoms with van der Waals surface area (Å²) in [7, 11) is 0. The smallest absolute Gasteiger partial charge is 0.122 e. The Balaban J connectivity index is 6.22. The van der Waals surface area contributed by atoms with Gasteiger partial charge in [-0.1, -0.05) is 62.3 Å². The van der Waals surface area contributed by atoms with Gasteiger partial charge in [-0.3, -0.25) is 0 Å². The molecule has 3 heteroatoms. The molecule has 110 valence electrons. The van der Waals surface area contributed by atoms with Gasteiger partial charge in [-0.2, -0.15) is 0 Å². The molecule has 18 heavy (non-hydrogen) atoms. The van der Waals surface area contributed by atoms with Crippen molar-refractivity contribution in [2.45, 2.75) is 73.5 Å². The van der Waals surface area contributed by atoms with Gasteiger partial charge in [0.15, 0.2) is 0 Å². The maximum atomic E-state index is 11.3. The summed E-state index contributed by atoms with van der Waals surface area (Å²) in [6, 6.07) is 0. The topological polar surface area (TPSA) is 60.7 Å². The van der Waals surface area contributed by atoms with Crippen LogP contribution < -0.4 is 0 Å². The zero-order valence-corrected chi connectivity index (χ0v) is 13.5. The van der Waals surface area contributed by atoms with Crippen molar-refractivity contribution in [3.8, 4) is 0 Å². The molecule has 0 radical (unpaired) electrons. The fourth-order valence-corrected chi connectivity index (χ4v) is 3.26. The van der Waals surface area contributed by atoms with E-state index in [2.05, 4.69) is 0 Å². The Kier molecular flexibility index (Phi) is 4.43. The lowest BCUT2D eigenvalue weighted by atomic mass is 9.50. The van der Waals surface area contributed by atoms with E-state index in [1.165, 1.54) is 0 Å². The second-order valence-electron chi connectivity index (χ2n) is 8.48. The minimum atomic E-state index is -1.59. The van der Waals surface area contributed by atoms with Gasteiger partial charge < -0.3 is 15.3 Å². The molecule has 0 rings (SSSR count). The highest BCUT2D eigenvalue weighted by Crippen LogP contribution is 2.55. The van der Waals surface area contributed by atoms with Gasteiger partial charge in [0, 0.05) is 0 Å². The zero-order chi connectivity index (χ0) is 15.2. The lowest BCUT2D eigenvalue weighted by Crippen LogP contribution is -2.73. The van der Waals surface area contributed by atoms with Crippen molar-refractivity contribution in [1.82, 2.24) is 0 Å². The Labute approximate surface area is 112 Å². The largest absolute Gasteiger partial charge is 0.393 e. The first-order valence-corrected chi connectivity index (χ1v) is 6.62. The van der Waals surface area contributed by atoms with E-state index in [9.17, 15) is 15.3 Å². The number of hydrogen-bond acceptors (Lipinski definition) is 3. The molecule has 0 spiro atoms. The van der Waals surface area contributed by atoms with Crippen molar-refractivity contribution in [3.63, 3.8) is 0 Å². The lowest BCUT2D eigenvalue weighted by Gasteiger charge is -2.61. The molecule has 0 saturated heterocycles. The zero-order valence-electron chi connectivity index (χ0n) is 13.5. The van der Waals surface area contributed by atoms with Crippen molar-refractivity contribution in [2.75, 3.05) is 6.61 Å². The normalized spacial score (nSPS) is 18.7. The standard InChI is InChI=1S/C15H32O3/c1-11(2,3)14(17,10-16)15(18,12(4,5)6)13(7,8)9/h16-18H,10H2,1-9H3. The second-order valence-corrected chi connectivity index (χ2v) is 8.48. The SMILES string of the molecule is CC(C)(C)C(O)(CO)C(O)(C(C)(C)C)C(C)(C)C. The van der Waals surface area contributed by atoms with Crippen LogP contribution in [0.2, 0.25) is 0 Å². The van der Waals surface area contributed by atoms with Gasteiger partial charge >= 0.3 is 0 Å². The number of aliphatic hydroxyl groups is 3. The van der Waals surface area contributed by atoms with E-state index in [0.717, 1.165) is 0 Å². The molecule has 0 aliphatic carbocycles. The van der Waals surface area contributed by atoms with Crippen LogP contribution in [0.15, 0.2) is 0 Å². The highest BCUT2D eigenvalue weighted by molar-refractivity contribution is 5.16. The maximum absolute atomic E-state index is 11.3. The van der Waals surface area contributed by atoms with Gasteiger partial charge in [0.1, 0.15) is 11.2 Å². The monoisotopic (exact) mass is 260 g/mol. The number of rotatable bonds is 2. The van der Waals surface area contributed by atoms with Gasteiger partial charge in [-0.25, -0.2) is 0 Å². The molecular formula is C15H32O3. The second kappa shape index (κ2) is 4.46. The molecule has 0 heterocycles. The molecule has 1 unspecified atom stereocenters. The molecule has 0 aromatic rings. The van der Waals surface area contributed by atoms with Crippen LogP contribution in [0.3, 0.4) is 0 Å². The Morgan fingerprint density at radius 2 is 0.889 bits per heavy atom. The van der Waals surface area contributed by atoms with Gasteiger partial charge in [0.05, 0.1) is 6.61 Å². The van der Waals surface area contributed by atoms with Crippen LogP contribution in [0.4, 0.5) is 0 Å². The van der Waals surface area contributed by atoms with Gasteiger partial charge in [0.2, 0.25) is 0 Å². The summed E-state index contributed by atoms with van der Waals surface area (Å²) in [5.74, 6) is 0. The van der Waals surface area contributed by atoms with E-state index in [0.29, 0.717) is 0 Å². The van der Waals surface area contributed by atoms with Crippen LogP contribution in [-0.2, 0) is 0 Å². The molecule has 3 N–H and O–H groups in total. The summed E-state index contributed by atoms with van der Waals surface area (Å²) < 4.78 is 0. The van der Waals surface area contributed by atoms with Crippen LogP contribution in [0, 0.1) is 16.2 Å². The van der Waals surface area contributed by atoms with Gasteiger partial charge in [-0.05, 0) is 16.2 Å². The Hall–Kier alpha value is -0.120. The van der Waals surface area contributed by atoms with E-state index in [1.54, 1.807) is 0 Å². The predicted octanol–water partition coefficient (Wildman–Crippen LogP) is 2.58. The van der Waals surface area contributed by atoms with Gasteiger partial charge in [-0.15, -0.1) is 0 Å². The molecule has 0 aliphatic rings. The Bertz CT molecular complexity index is 274. The van der Waals surface area contributed by atoms with Crippen molar-refractivity contribution >= 4 is 0 Å². The van der Waals surface area contributed by atoms with Crippen LogP contribution in [-0.4, -0.2) is 33.1 Å². The average molecular weight is 260 g/mol. The van der Waals surface area contributed by atoms with Crippen LogP contribution in [0.1, 0.15) is 62.3 Å². The highest BCUT2D eigenvalue weighted by Gasteiger charge is 2.65. The van der Waals surface area contributed by atoms with Gasteiger partial charge in [0.25, 0.3) is 0 Å². The molecular weight excluding hydrogens is 228 g/mol. The van der Waals surface area contributed by atoms with Crippen molar-refractivity contribution in [1.29, 1.82) is 0 Å². The Morgan fingerprint density at radius 3 is 0.944 bits per heavy atom. The van der Waals surface area contributed by atoms with Crippen LogP contribution >= 0.6 is 0 Å². The molecule has 0 aliphatic heterocycles. The summed E-state index contributed by atoms with van der Waals surface area (Å²) in [6.45, 7) is 16.4. The third-order valence-corrected chi connectivity index (χ3v) is 4.24. The molecule has 3 nitrogen and oxygen atoms in total. The maximum Gasteiger partial charge on any atom is 0.122 e. The summed E-state index contributed by atoms with van der Waals surface area (Å²) in [5.41, 5.74) is -4.81. The summed E-state index contributed by atoms with van der Waals surface area (Å²) in [4.78, 5) is 0. The van der Waals surface area contributed by atoms with E-state index >= 15 is 0 Å².